The number of amides is 1. The van der Waals surface area contributed by atoms with Crippen LogP contribution in [-0.4, -0.2) is 18.2 Å². The van der Waals surface area contributed by atoms with Crippen molar-refractivity contribution in [3.8, 4) is 18.1 Å². The van der Waals surface area contributed by atoms with Gasteiger partial charge < -0.3 is 10.1 Å². The Bertz CT molecular complexity index is 690. The second-order valence-electron chi connectivity index (χ2n) is 6.16. The van der Waals surface area contributed by atoms with E-state index >= 15 is 0 Å². The maximum absolute atomic E-state index is 12.4. The van der Waals surface area contributed by atoms with Crippen molar-refractivity contribution in [3.05, 3.63) is 28.8 Å². The van der Waals surface area contributed by atoms with Crippen LogP contribution < -0.4 is 10.1 Å². The topological polar surface area (TPSA) is 63.0 Å². The van der Waals surface area contributed by atoms with Crippen molar-refractivity contribution in [2.45, 2.75) is 50.2 Å². The lowest BCUT2D eigenvalue weighted by atomic mass is 10.00. The summed E-state index contributed by atoms with van der Waals surface area (Å²) in [6.07, 6.45) is 9.30. The van der Waals surface area contributed by atoms with E-state index in [1.807, 2.05) is 12.1 Å². The highest BCUT2D eigenvalue weighted by Crippen LogP contribution is 2.39. The summed E-state index contributed by atoms with van der Waals surface area (Å²) >= 11 is 6.22. The lowest BCUT2D eigenvalue weighted by Crippen LogP contribution is -2.29. The number of rotatable bonds is 6. The molecule has 0 fully saturated rings. The summed E-state index contributed by atoms with van der Waals surface area (Å²) in [5.74, 6) is 3.26. The summed E-state index contributed by atoms with van der Waals surface area (Å²) in [6.45, 7) is 0.607. The Morgan fingerprint density at radius 2 is 2.29 bits per heavy atom. The number of carbonyl (C=O) groups excluding carboxylic acids is 1. The zero-order valence-electron chi connectivity index (χ0n) is 13.4. The number of benzene rings is 1. The maximum atomic E-state index is 12.4. The summed E-state index contributed by atoms with van der Waals surface area (Å²) < 4.78 is 5.73. The molecule has 0 radical (unpaired) electrons. The van der Waals surface area contributed by atoms with Gasteiger partial charge in [0.2, 0.25) is 5.91 Å². The number of hydrogen-bond donors (Lipinski definition) is 1. The van der Waals surface area contributed by atoms with Crippen molar-refractivity contribution in [1.29, 1.82) is 0 Å². The van der Waals surface area contributed by atoms with Gasteiger partial charge in [0.25, 0.3) is 0 Å². The monoisotopic (exact) mass is 345 g/mol. The summed E-state index contributed by atoms with van der Waals surface area (Å²) in [4.78, 5) is 12.4. The second-order valence-corrected chi connectivity index (χ2v) is 6.56. The number of nitrogens with one attached hydrogen (secondary N) is 1. The van der Waals surface area contributed by atoms with Gasteiger partial charge in [-0.25, -0.2) is 0 Å². The normalized spacial score (nSPS) is 20.2. The molecule has 1 N–H and O–H groups in total. The molecule has 1 amide bonds. The molecule has 2 heterocycles. The molecule has 1 atom stereocenters. The van der Waals surface area contributed by atoms with Gasteiger partial charge in [-0.2, -0.15) is 10.2 Å². The number of carbonyl (C=O) groups is 1. The standard InChI is InChI=1S/C18H20ClN3O2/c1-2-3-10-18(21-22-18)11-9-16(23)20-15-8-5-12-24-17-13(15)6-4-7-14(17)19/h1,4,6-7,15H,3,5,8-12H2,(H,20,23). The summed E-state index contributed by atoms with van der Waals surface area (Å²) in [5, 5.41) is 11.8. The van der Waals surface area contributed by atoms with E-state index in [9.17, 15) is 4.79 Å². The van der Waals surface area contributed by atoms with E-state index in [1.165, 1.54) is 0 Å². The van der Waals surface area contributed by atoms with Crippen LogP contribution in [0.25, 0.3) is 0 Å². The SMILES string of the molecule is C#CCCC1(CCC(=O)NC2CCCOc3c(Cl)cccc32)N=N1. The zero-order chi connectivity index (χ0) is 17.0. The molecule has 0 aliphatic carbocycles. The Balaban J connectivity index is 1.59. The molecule has 2 aliphatic heterocycles. The molecular formula is C18H20ClN3O2. The van der Waals surface area contributed by atoms with Crippen molar-refractivity contribution >= 4 is 17.5 Å². The van der Waals surface area contributed by atoms with Crippen LogP contribution in [0.5, 0.6) is 5.75 Å². The van der Waals surface area contributed by atoms with Gasteiger partial charge in [0.05, 0.1) is 17.7 Å². The smallest absolute Gasteiger partial charge is 0.220 e. The third-order valence-corrected chi connectivity index (χ3v) is 4.69. The minimum absolute atomic E-state index is 0.00907. The average molecular weight is 346 g/mol. The number of terminal acetylenes is 1. The molecule has 5 nitrogen and oxygen atoms in total. The van der Waals surface area contributed by atoms with Crippen LogP contribution in [0, 0.1) is 12.3 Å². The molecule has 1 unspecified atom stereocenters. The van der Waals surface area contributed by atoms with Gasteiger partial charge in [-0.1, -0.05) is 23.7 Å². The molecule has 1 aromatic rings. The first-order valence-electron chi connectivity index (χ1n) is 8.22. The zero-order valence-corrected chi connectivity index (χ0v) is 14.2. The van der Waals surface area contributed by atoms with Crippen LogP contribution in [0.2, 0.25) is 5.02 Å². The highest BCUT2D eigenvalue weighted by atomic mass is 35.5. The van der Waals surface area contributed by atoms with Crippen molar-refractivity contribution in [2.24, 2.45) is 10.2 Å². The fourth-order valence-electron chi connectivity index (χ4n) is 2.97. The van der Waals surface area contributed by atoms with E-state index in [1.54, 1.807) is 6.07 Å². The quantitative estimate of drug-likeness (QED) is 0.791. The number of hydrogen-bond acceptors (Lipinski definition) is 4. The lowest BCUT2D eigenvalue weighted by molar-refractivity contribution is -0.122. The van der Waals surface area contributed by atoms with E-state index in [0.29, 0.717) is 43.1 Å². The fourth-order valence-corrected chi connectivity index (χ4v) is 3.20. The molecule has 0 saturated carbocycles. The first kappa shape index (κ1) is 16.8. The minimum Gasteiger partial charge on any atom is -0.492 e. The molecular weight excluding hydrogens is 326 g/mol. The molecule has 126 valence electrons. The molecule has 0 aromatic heterocycles. The Labute approximate surface area is 146 Å². The van der Waals surface area contributed by atoms with Crippen LogP contribution in [0.3, 0.4) is 0 Å². The van der Waals surface area contributed by atoms with E-state index in [-0.39, 0.29) is 11.9 Å². The lowest BCUT2D eigenvalue weighted by Gasteiger charge is -2.19. The molecule has 1 aromatic carbocycles. The molecule has 3 rings (SSSR count). The molecule has 0 saturated heterocycles. The predicted octanol–water partition coefficient (Wildman–Crippen LogP) is 4.03. The largest absolute Gasteiger partial charge is 0.492 e. The summed E-state index contributed by atoms with van der Waals surface area (Å²) in [6, 6.07) is 5.56. The minimum atomic E-state index is -0.419. The van der Waals surface area contributed by atoms with Crippen LogP contribution >= 0.6 is 11.6 Å². The molecule has 0 spiro atoms. The average Bonchev–Trinajstić information content (AvgIpc) is 3.37. The van der Waals surface area contributed by atoms with Gasteiger partial charge in [0.1, 0.15) is 5.75 Å². The molecule has 24 heavy (non-hydrogen) atoms. The summed E-state index contributed by atoms with van der Waals surface area (Å²) in [7, 11) is 0. The van der Waals surface area contributed by atoms with E-state index in [2.05, 4.69) is 21.5 Å². The van der Waals surface area contributed by atoms with E-state index in [4.69, 9.17) is 22.8 Å². The van der Waals surface area contributed by atoms with Gasteiger partial charge in [0, 0.05) is 31.2 Å². The van der Waals surface area contributed by atoms with Gasteiger partial charge in [-0.3, -0.25) is 4.79 Å². The third kappa shape index (κ3) is 3.88. The van der Waals surface area contributed by atoms with Crippen molar-refractivity contribution in [1.82, 2.24) is 5.32 Å². The number of halogens is 1. The summed E-state index contributed by atoms with van der Waals surface area (Å²) in [5.41, 5.74) is 0.522. The van der Waals surface area contributed by atoms with E-state index < -0.39 is 5.66 Å². The first-order valence-corrected chi connectivity index (χ1v) is 8.59. The van der Waals surface area contributed by atoms with Gasteiger partial charge in [0.15, 0.2) is 5.66 Å². The number of ether oxygens (including phenoxy) is 1. The maximum Gasteiger partial charge on any atom is 0.220 e. The molecule has 6 heteroatoms. The second kappa shape index (κ2) is 7.23. The molecule has 2 aliphatic rings. The van der Waals surface area contributed by atoms with Crippen molar-refractivity contribution < 1.29 is 9.53 Å². The van der Waals surface area contributed by atoms with Crippen LogP contribution in [-0.2, 0) is 4.79 Å². The predicted molar refractivity (Wildman–Crippen MR) is 92.0 cm³/mol. The van der Waals surface area contributed by atoms with Crippen molar-refractivity contribution in [2.75, 3.05) is 6.61 Å². The van der Waals surface area contributed by atoms with Crippen molar-refractivity contribution in [3.63, 3.8) is 0 Å². The molecule has 0 bridgehead atoms. The van der Waals surface area contributed by atoms with Crippen LogP contribution in [0.15, 0.2) is 28.4 Å². The number of nitrogens with zero attached hydrogens (tertiary/aromatic N) is 2. The van der Waals surface area contributed by atoms with Crippen LogP contribution in [0.1, 0.15) is 50.1 Å². The first-order chi connectivity index (χ1) is 11.6. The van der Waals surface area contributed by atoms with Crippen LogP contribution in [0.4, 0.5) is 0 Å². The Morgan fingerprint density at radius 1 is 1.46 bits per heavy atom. The van der Waals surface area contributed by atoms with Gasteiger partial charge in [-0.15, -0.1) is 12.3 Å². The van der Waals surface area contributed by atoms with Gasteiger partial charge >= 0.3 is 0 Å². The number of fused-ring (bicyclic) bond motifs is 1. The Kier molecular flexibility index (Phi) is 5.06. The van der Waals surface area contributed by atoms with E-state index in [0.717, 1.165) is 18.4 Å². The fraction of sp³-hybridized carbons (Fsp3) is 0.500. The highest BCUT2D eigenvalue weighted by molar-refractivity contribution is 6.32. The Morgan fingerprint density at radius 3 is 3.04 bits per heavy atom. The number of para-hydroxylation sites is 1. The third-order valence-electron chi connectivity index (χ3n) is 4.40. The highest BCUT2D eigenvalue weighted by Gasteiger charge is 2.39. The Hall–Kier alpha value is -2.06. The van der Waals surface area contributed by atoms with Gasteiger partial charge in [-0.05, 0) is 18.9 Å².